The fourth-order valence-electron chi connectivity index (χ4n) is 0.965. The van der Waals surface area contributed by atoms with Crippen molar-refractivity contribution in [3.63, 3.8) is 0 Å². The molecule has 0 heterocycles. The van der Waals surface area contributed by atoms with Crippen LogP contribution >= 0.6 is 0 Å². The van der Waals surface area contributed by atoms with Gasteiger partial charge in [-0.2, -0.15) is 0 Å². The first-order chi connectivity index (χ1) is 7.18. The van der Waals surface area contributed by atoms with Crippen molar-refractivity contribution in [2.24, 2.45) is 0 Å². The van der Waals surface area contributed by atoms with Crippen molar-refractivity contribution in [2.75, 3.05) is 0 Å². The van der Waals surface area contributed by atoms with E-state index in [1.165, 1.54) is 17.7 Å². The summed E-state index contributed by atoms with van der Waals surface area (Å²) in [6, 6.07) is 15.4. The molecular formula is C13H13NaO2. The maximum Gasteiger partial charge on any atom is 1.00 e. The molecular weight excluding hydrogens is 211 g/mol. The average molecular weight is 224 g/mol. The Morgan fingerprint density at radius 1 is 0.875 bits per heavy atom. The van der Waals surface area contributed by atoms with Crippen molar-refractivity contribution in [3.8, 4) is 11.5 Å². The third-order valence-electron chi connectivity index (χ3n) is 1.78. The van der Waals surface area contributed by atoms with E-state index in [9.17, 15) is 5.11 Å². The van der Waals surface area contributed by atoms with Gasteiger partial charge in [-0.25, -0.2) is 0 Å². The molecule has 0 saturated carbocycles. The molecule has 0 aliphatic heterocycles. The van der Waals surface area contributed by atoms with Crippen molar-refractivity contribution in [3.05, 3.63) is 60.2 Å². The molecule has 0 saturated heterocycles. The number of hydrogen-bond donors (Lipinski definition) is 1. The molecule has 0 aromatic heterocycles. The van der Waals surface area contributed by atoms with Gasteiger partial charge in [-0.1, -0.05) is 48.0 Å². The SMILES string of the molecule is Cc1ccc(O)cc1.[Na+].[O-]c1ccccc1. The predicted octanol–water partition coefficient (Wildman–Crippen LogP) is -0.535. The molecule has 0 unspecified atom stereocenters. The average Bonchev–Trinajstić information content (AvgIpc) is 2.25. The standard InChI is InChI=1S/C7H8O.C6H6O.Na/c1-6-2-4-7(8)5-3-6;7-6-4-2-1-3-5-6;/h2-5,8H,1H3;1-5,7H;/q;;+1/p-1. The Labute approximate surface area is 118 Å². The number of phenolic OH excluding ortho intramolecular Hbond substituents is 1. The molecule has 0 aliphatic rings. The quantitative estimate of drug-likeness (QED) is 0.611. The minimum Gasteiger partial charge on any atom is -0.872 e. The Morgan fingerprint density at radius 2 is 1.38 bits per heavy atom. The molecule has 16 heavy (non-hydrogen) atoms. The van der Waals surface area contributed by atoms with Crippen LogP contribution in [0.15, 0.2) is 54.6 Å². The summed E-state index contributed by atoms with van der Waals surface area (Å²) in [6.07, 6.45) is 0. The van der Waals surface area contributed by atoms with E-state index in [0.717, 1.165) is 0 Å². The van der Waals surface area contributed by atoms with Gasteiger partial charge >= 0.3 is 29.6 Å². The van der Waals surface area contributed by atoms with E-state index in [0.29, 0.717) is 5.75 Å². The van der Waals surface area contributed by atoms with E-state index in [1.807, 2.05) is 25.1 Å². The van der Waals surface area contributed by atoms with Crippen molar-refractivity contribution in [1.29, 1.82) is 0 Å². The summed E-state index contributed by atoms with van der Waals surface area (Å²) in [5, 5.41) is 19.0. The first kappa shape index (κ1) is 15.0. The fraction of sp³-hybridized carbons (Fsp3) is 0.0769. The van der Waals surface area contributed by atoms with E-state index in [1.54, 1.807) is 24.3 Å². The number of aryl methyl sites for hydroxylation is 1. The first-order valence-corrected chi connectivity index (χ1v) is 4.66. The molecule has 0 bridgehead atoms. The summed E-state index contributed by atoms with van der Waals surface area (Å²) in [5.74, 6) is 0.401. The zero-order chi connectivity index (χ0) is 11.1. The van der Waals surface area contributed by atoms with Gasteiger partial charge in [0.25, 0.3) is 0 Å². The molecule has 2 rings (SSSR count). The van der Waals surface area contributed by atoms with Gasteiger partial charge in [-0.15, -0.1) is 5.75 Å². The minimum absolute atomic E-state index is 0. The molecule has 78 valence electrons. The number of aromatic hydroxyl groups is 1. The molecule has 0 aliphatic carbocycles. The van der Waals surface area contributed by atoms with Crippen LogP contribution in [0.3, 0.4) is 0 Å². The topological polar surface area (TPSA) is 43.3 Å². The van der Waals surface area contributed by atoms with E-state index in [-0.39, 0.29) is 35.3 Å². The van der Waals surface area contributed by atoms with Gasteiger partial charge in [-0.05, 0) is 19.1 Å². The van der Waals surface area contributed by atoms with Crippen LogP contribution in [0.4, 0.5) is 0 Å². The molecule has 2 aromatic carbocycles. The Morgan fingerprint density at radius 3 is 1.69 bits per heavy atom. The molecule has 2 aromatic rings. The monoisotopic (exact) mass is 224 g/mol. The van der Waals surface area contributed by atoms with E-state index >= 15 is 0 Å². The second kappa shape index (κ2) is 8.22. The van der Waals surface area contributed by atoms with Crippen molar-refractivity contribution in [1.82, 2.24) is 0 Å². The Bertz CT molecular complexity index is 363. The molecule has 0 radical (unpaired) electrons. The van der Waals surface area contributed by atoms with Gasteiger partial charge < -0.3 is 10.2 Å². The van der Waals surface area contributed by atoms with Gasteiger partial charge in [-0.3, -0.25) is 0 Å². The summed E-state index contributed by atoms with van der Waals surface area (Å²) in [7, 11) is 0. The van der Waals surface area contributed by atoms with Crippen LogP contribution in [0.5, 0.6) is 11.5 Å². The smallest absolute Gasteiger partial charge is 0.872 e. The van der Waals surface area contributed by atoms with Gasteiger partial charge in [0.2, 0.25) is 0 Å². The largest absolute Gasteiger partial charge is 1.00 e. The first-order valence-electron chi connectivity index (χ1n) is 4.66. The Kier molecular flexibility index (Phi) is 7.73. The van der Waals surface area contributed by atoms with Crippen molar-refractivity contribution >= 4 is 0 Å². The van der Waals surface area contributed by atoms with Crippen molar-refractivity contribution in [2.45, 2.75) is 6.92 Å². The second-order valence-electron chi connectivity index (χ2n) is 3.15. The summed E-state index contributed by atoms with van der Waals surface area (Å²) >= 11 is 0. The predicted molar refractivity (Wildman–Crippen MR) is 58.7 cm³/mol. The van der Waals surface area contributed by atoms with Crippen LogP contribution in [-0.2, 0) is 0 Å². The normalized spacial score (nSPS) is 8.31. The van der Waals surface area contributed by atoms with Crippen LogP contribution in [-0.4, -0.2) is 5.11 Å². The number of rotatable bonds is 0. The van der Waals surface area contributed by atoms with Crippen LogP contribution in [0.1, 0.15) is 5.56 Å². The molecule has 1 N–H and O–H groups in total. The van der Waals surface area contributed by atoms with Crippen LogP contribution in [0, 0.1) is 6.92 Å². The number of phenols is 1. The molecule has 3 heteroatoms. The fourth-order valence-corrected chi connectivity index (χ4v) is 0.965. The molecule has 0 atom stereocenters. The summed E-state index contributed by atoms with van der Waals surface area (Å²) in [4.78, 5) is 0. The number of para-hydroxylation sites is 1. The van der Waals surface area contributed by atoms with E-state index in [4.69, 9.17) is 5.11 Å². The summed E-state index contributed by atoms with van der Waals surface area (Å²) in [6.45, 7) is 1.99. The maximum atomic E-state index is 10.3. The minimum atomic E-state index is 0. The zero-order valence-corrected chi connectivity index (χ0v) is 11.6. The third kappa shape index (κ3) is 6.51. The third-order valence-corrected chi connectivity index (χ3v) is 1.78. The number of hydrogen-bond acceptors (Lipinski definition) is 2. The Balaban J connectivity index is 0.000000267. The number of benzene rings is 2. The maximum absolute atomic E-state index is 10.3. The van der Waals surface area contributed by atoms with Gasteiger partial charge in [0.05, 0.1) is 0 Å². The summed E-state index contributed by atoms with van der Waals surface area (Å²) in [5.41, 5.74) is 1.17. The Hall–Kier alpha value is -0.960. The van der Waals surface area contributed by atoms with E-state index in [2.05, 4.69) is 0 Å². The van der Waals surface area contributed by atoms with E-state index < -0.39 is 0 Å². The summed E-state index contributed by atoms with van der Waals surface area (Å²) < 4.78 is 0. The molecule has 0 spiro atoms. The van der Waals surface area contributed by atoms with Crippen molar-refractivity contribution < 1.29 is 39.8 Å². The van der Waals surface area contributed by atoms with Gasteiger partial charge in [0, 0.05) is 0 Å². The van der Waals surface area contributed by atoms with Crippen LogP contribution in [0.2, 0.25) is 0 Å². The molecule has 0 amide bonds. The van der Waals surface area contributed by atoms with Gasteiger partial charge in [0.1, 0.15) is 5.75 Å². The second-order valence-corrected chi connectivity index (χ2v) is 3.15. The molecule has 0 fully saturated rings. The van der Waals surface area contributed by atoms with Crippen LogP contribution < -0.4 is 34.7 Å². The molecule has 2 nitrogen and oxygen atoms in total. The zero-order valence-electron chi connectivity index (χ0n) is 9.55. The van der Waals surface area contributed by atoms with Gasteiger partial charge in [0.15, 0.2) is 0 Å². The van der Waals surface area contributed by atoms with Crippen LogP contribution in [0.25, 0.3) is 0 Å².